The number of carbonyl (C=O) groups is 2. The smallest absolute Gasteiger partial charge is 0.335 e. The van der Waals surface area contributed by atoms with Gasteiger partial charge in [0.05, 0.1) is 17.2 Å². The van der Waals surface area contributed by atoms with E-state index in [-0.39, 0.29) is 11.5 Å². The number of nitrogens with zero attached hydrogens (tertiary/aromatic N) is 1. The van der Waals surface area contributed by atoms with Crippen LogP contribution in [0.1, 0.15) is 71.0 Å². The minimum absolute atomic E-state index is 0.112. The molecule has 1 atom stereocenters. The fourth-order valence-electron chi connectivity index (χ4n) is 5.98. The lowest BCUT2D eigenvalue weighted by Crippen LogP contribution is -2.32. The fourth-order valence-corrected chi connectivity index (χ4v) is 5.98. The minimum atomic E-state index is -0.970. The third kappa shape index (κ3) is 5.80. The zero-order valence-corrected chi connectivity index (χ0v) is 22.9. The SMILES string of the molecule is O=C(O)c1ccc(CC(C(=O)N(c2ccccc2)c2ccc3cccc-3o2)c2ccc(C3CCCCC3)cc2)cc1. The Hall–Kier alpha value is -4.64. The van der Waals surface area contributed by atoms with Crippen LogP contribution in [0.2, 0.25) is 0 Å². The number of para-hydroxylation sites is 1. The highest BCUT2D eigenvalue weighted by atomic mass is 16.4. The number of anilines is 2. The summed E-state index contributed by atoms with van der Waals surface area (Å²) in [4.78, 5) is 27.8. The van der Waals surface area contributed by atoms with E-state index in [1.807, 2.05) is 60.7 Å². The molecule has 0 spiro atoms. The van der Waals surface area contributed by atoms with Crippen molar-refractivity contribution in [1.29, 1.82) is 0 Å². The molecule has 1 saturated carbocycles. The van der Waals surface area contributed by atoms with Crippen LogP contribution < -0.4 is 4.90 Å². The number of aromatic carboxylic acids is 1. The van der Waals surface area contributed by atoms with Crippen LogP contribution in [0.15, 0.2) is 114 Å². The molecule has 5 nitrogen and oxygen atoms in total. The van der Waals surface area contributed by atoms with E-state index >= 15 is 0 Å². The lowest BCUT2D eigenvalue weighted by Gasteiger charge is -2.28. The summed E-state index contributed by atoms with van der Waals surface area (Å²) in [7, 11) is 0. The Bertz CT molecular complexity index is 1580. The van der Waals surface area contributed by atoms with Crippen molar-refractivity contribution in [2.24, 2.45) is 0 Å². The van der Waals surface area contributed by atoms with Gasteiger partial charge in [0.25, 0.3) is 0 Å². The van der Waals surface area contributed by atoms with Crippen molar-refractivity contribution in [2.45, 2.75) is 50.4 Å². The van der Waals surface area contributed by atoms with Crippen molar-refractivity contribution >= 4 is 23.4 Å². The lowest BCUT2D eigenvalue weighted by molar-refractivity contribution is -0.119. The van der Waals surface area contributed by atoms with Gasteiger partial charge in [-0.25, -0.2) is 4.79 Å². The highest BCUT2D eigenvalue weighted by Crippen LogP contribution is 2.37. The van der Waals surface area contributed by atoms with E-state index in [0.717, 1.165) is 22.4 Å². The molecule has 206 valence electrons. The molecule has 1 N–H and O–H groups in total. The molecule has 41 heavy (non-hydrogen) atoms. The summed E-state index contributed by atoms with van der Waals surface area (Å²) < 4.78 is 6.26. The van der Waals surface area contributed by atoms with Gasteiger partial charge in [-0.15, -0.1) is 0 Å². The van der Waals surface area contributed by atoms with E-state index in [4.69, 9.17) is 4.42 Å². The van der Waals surface area contributed by atoms with Gasteiger partial charge in [0, 0.05) is 11.6 Å². The standard InChI is InChI=1S/C36H33NO4/c38-35(37(31-11-5-2-6-12-31)34-23-22-29-10-7-13-33(29)41-34)32(24-25-14-16-30(17-15-25)36(39)40)28-20-18-27(19-21-28)26-8-3-1-4-9-26/h2,5-7,10-23,26,32H,1,3-4,8-9,24H2,(H,39,40). The Morgan fingerprint density at radius 3 is 2.22 bits per heavy atom. The molecule has 3 aromatic rings. The second-order valence-corrected chi connectivity index (χ2v) is 10.9. The van der Waals surface area contributed by atoms with Gasteiger partial charge < -0.3 is 9.52 Å². The van der Waals surface area contributed by atoms with Crippen molar-refractivity contribution in [2.75, 3.05) is 4.90 Å². The molecule has 1 unspecified atom stereocenters. The summed E-state index contributed by atoms with van der Waals surface area (Å²) >= 11 is 0. The van der Waals surface area contributed by atoms with Crippen LogP contribution >= 0.6 is 0 Å². The minimum Gasteiger partial charge on any atom is -0.478 e. The molecule has 5 heteroatoms. The van der Waals surface area contributed by atoms with E-state index in [2.05, 4.69) is 24.3 Å². The van der Waals surface area contributed by atoms with Gasteiger partial charge in [0.15, 0.2) is 0 Å². The predicted octanol–water partition coefficient (Wildman–Crippen LogP) is 8.82. The molecule has 1 heterocycles. The summed E-state index contributed by atoms with van der Waals surface area (Å²) in [5.74, 6) is 0.142. The Labute approximate surface area is 240 Å². The molecule has 6 rings (SSSR count). The van der Waals surface area contributed by atoms with Gasteiger partial charge in [-0.05, 0) is 78.3 Å². The predicted molar refractivity (Wildman–Crippen MR) is 161 cm³/mol. The molecule has 2 aliphatic carbocycles. The van der Waals surface area contributed by atoms with Gasteiger partial charge in [-0.3, -0.25) is 9.69 Å². The molecule has 0 radical (unpaired) electrons. The average molecular weight is 544 g/mol. The molecule has 3 aliphatic rings. The van der Waals surface area contributed by atoms with E-state index in [0.29, 0.717) is 24.0 Å². The van der Waals surface area contributed by atoms with Gasteiger partial charge in [0.1, 0.15) is 5.76 Å². The maximum atomic E-state index is 14.7. The maximum absolute atomic E-state index is 14.7. The first-order valence-corrected chi connectivity index (χ1v) is 14.4. The van der Waals surface area contributed by atoms with E-state index < -0.39 is 11.9 Å². The van der Waals surface area contributed by atoms with Crippen molar-refractivity contribution in [3.8, 4) is 11.3 Å². The molecule has 0 saturated heterocycles. The lowest BCUT2D eigenvalue weighted by atomic mass is 9.82. The van der Waals surface area contributed by atoms with Gasteiger partial charge in [-0.1, -0.05) is 86.0 Å². The first kappa shape index (κ1) is 26.6. The van der Waals surface area contributed by atoms with Crippen LogP contribution in [-0.2, 0) is 11.2 Å². The summed E-state index contributed by atoms with van der Waals surface area (Å²) in [6.07, 6.45) is 6.69. The Balaban J connectivity index is 1.40. The average Bonchev–Trinajstić information content (AvgIpc) is 3.49. The van der Waals surface area contributed by atoms with Crippen LogP contribution in [0.25, 0.3) is 11.3 Å². The number of rotatable bonds is 8. The van der Waals surface area contributed by atoms with Gasteiger partial charge in [-0.2, -0.15) is 0 Å². The van der Waals surface area contributed by atoms with E-state index in [1.54, 1.807) is 29.2 Å². The van der Waals surface area contributed by atoms with Gasteiger partial charge in [0.2, 0.25) is 11.8 Å². The van der Waals surface area contributed by atoms with E-state index in [1.165, 1.54) is 37.7 Å². The van der Waals surface area contributed by atoms with Crippen LogP contribution in [0.5, 0.6) is 0 Å². The zero-order valence-electron chi connectivity index (χ0n) is 22.9. The number of hydrogen-bond donors (Lipinski definition) is 1. The first-order valence-electron chi connectivity index (χ1n) is 14.4. The number of carboxylic acids is 1. The van der Waals surface area contributed by atoms with E-state index in [9.17, 15) is 14.7 Å². The Morgan fingerprint density at radius 1 is 0.780 bits per heavy atom. The Morgan fingerprint density at radius 2 is 1.51 bits per heavy atom. The fraction of sp³-hybridized carbons (Fsp3) is 0.222. The molecule has 1 fully saturated rings. The topological polar surface area (TPSA) is 70.8 Å². The molecule has 1 aliphatic heterocycles. The molecule has 0 aromatic heterocycles. The van der Waals surface area contributed by atoms with Crippen LogP contribution in [0, 0.1) is 0 Å². The number of amides is 1. The molecule has 1 amide bonds. The summed E-state index contributed by atoms with van der Waals surface area (Å²) in [6.45, 7) is 0. The van der Waals surface area contributed by atoms with Crippen LogP contribution in [-0.4, -0.2) is 17.0 Å². The van der Waals surface area contributed by atoms with Gasteiger partial charge >= 0.3 is 5.97 Å². The van der Waals surface area contributed by atoms with Crippen molar-refractivity contribution in [3.63, 3.8) is 0 Å². The van der Waals surface area contributed by atoms with Crippen molar-refractivity contribution < 1.29 is 19.1 Å². The quantitative estimate of drug-likeness (QED) is 0.212. The number of carbonyl (C=O) groups excluding carboxylic acids is 1. The number of hydrogen-bond acceptors (Lipinski definition) is 3. The summed E-state index contributed by atoms with van der Waals surface area (Å²) in [5, 5.41) is 9.37. The highest BCUT2D eigenvalue weighted by Gasteiger charge is 2.31. The second-order valence-electron chi connectivity index (χ2n) is 10.9. The van der Waals surface area contributed by atoms with Crippen LogP contribution in [0.4, 0.5) is 11.6 Å². The molecule has 3 aromatic carbocycles. The summed E-state index contributed by atoms with van der Waals surface area (Å²) in [6, 6.07) is 34.6. The summed E-state index contributed by atoms with van der Waals surface area (Å²) in [5.41, 5.74) is 5.07. The third-order valence-corrected chi connectivity index (χ3v) is 8.24. The number of carboxylic acid groups (broad SMARTS) is 1. The van der Waals surface area contributed by atoms with Crippen molar-refractivity contribution in [3.05, 3.63) is 131 Å². The monoisotopic (exact) mass is 543 g/mol. The largest absolute Gasteiger partial charge is 0.478 e. The van der Waals surface area contributed by atoms with Crippen molar-refractivity contribution in [1.82, 2.24) is 0 Å². The third-order valence-electron chi connectivity index (χ3n) is 8.24. The number of fused-ring (bicyclic) bond motifs is 1. The molecular weight excluding hydrogens is 510 g/mol. The Kier molecular flexibility index (Phi) is 7.68. The van der Waals surface area contributed by atoms with Crippen LogP contribution in [0.3, 0.4) is 0 Å². The zero-order chi connectivity index (χ0) is 28.2. The maximum Gasteiger partial charge on any atom is 0.335 e. The normalized spacial score (nSPS) is 14.5. The highest BCUT2D eigenvalue weighted by molar-refractivity contribution is 6.03. The molecule has 0 bridgehead atoms. The second kappa shape index (κ2) is 11.8. The molecular formula is C36H33NO4. The first-order chi connectivity index (χ1) is 20.1. The number of benzene rings is 3.